The van der Waals surface area contributed by atoms with Gasteiger partial charge in [-0.05, 0) is 33.6 Å². The maximum atomic E-state index is 10.4. The molecule has 2 aromatic rings. The number of fused-ring (bicyclic) bond motifs is 1. The molecule has 0 amide bonds. The van der Waals surface area contributed by atoms with Crippen molar-refractivity contribution >= 4 is 39.0 Å². The van der Waals surface area contributed by atoms with Crippen LogP contribution in [0.1, 0.15) is 16.4 Å². The van der Waals surface area contributed by atoms with Crippen LogP contribution in [-0.4, -0.2) is 17.0 Å². The van der Waals surface area contributed by atoms with Crippen LogP contribution in [0, 0.1) is 0 Å². The summed E-state index contributed by atoms with van der Waals surface area (Å²) in [7, 11) is 0. The van der Waals surface area contributed by atoms with Gasteiger partial charge in [-0.2, -0.15) is 0 Å². The first-order valence-electron chi connectivity index (χ1n) is 5.87. The molecule has 2 unspecified atom stereocenters. The van der Waals surface area contributed by atoms with E-state index in [4.69, 9.17) is 0 Å². The van der Waals surface area contributed by atoms with Crippen molar-refractivity contribution in [1.82, 2.24) is 0 Å². The van der Waals surface area contributed by atoms with Crippen LogP contribution in [0.5, 0.6) is 0 Å². The molecule has 1 aliphatic rings. The minimum Gasteiger partial charge on any atom is -0.392 e. The first kappa shape index (κ1) is 12.7. The highest BCUT2D eigenvalue weighted by atomic mass is 79.9. The zero-order chi connectivity index (χ0) is 12.5. The summed E-state index contributed by atoms with van der Waals surface area (Å²) in [5, 5.41) is 12.5. The fourth-order valence-corrected chi connectivity index (χ4v) is 5.14. The number of rotatable bonds is 3. The topological polar surface area (TPSA) is 20.2 Å². The third kappa shape index (κ3) is 2.52. The molecule has 3 rings (SSSR count). The second kappa shape index (κ2) is 5.37. The minimum atomic E-state index is -0.285. The summed E-state index contributed by atoms with van der Waals surface area (Å²) < 4.78 is 1.11. The molecular weight excluding hydrogens is 328 g/mol. The number of aliphatic hydroxyl groups is 1. The molecule has 0 spiro atoms. The maximum absolute atomic E-state index is 10.4. The van der Waals surface area contributed by atoms with Crippen molar-refractivity contribution in [3.63, 3.8) is 0 Å². The molecule has 1 aromatic heterocycles. The van der Waals surface area contributed by atoms with E-state index >= 15 is 0 Å². The van der Waals surface area contributed by atoms with Crippen LogP contribution in [0.3, 0.4) is 0 Å². The molecule has 0 saturated heterocycles. The van der Waals surface area contributed by atoms with E-state index in [1.165, 1.54) is 15.3 Å². The molecule has 18 heavy (non-hydrogen) atoms. The normalized spacial score (nSPS) is 19.8. The van der Waals surface area contributed by atoms with Crippen molar-refractivity contribution in [3.8, 4) is 0 Å². The van der Waals surface area contributed by atoms with Crippen LogP contribution >= 0.6 is 39.0 Å². The van der Waals surface area contributed by atoms with E-state index in [9.17, 15) is 5.11 Å². The highest BCUT2D eigenvalue weighted by molar-refractivity contribution is 9.10. The molecule has 0 bridgehead atoms. The van der Waals surface area contributed by atoms with Crippen molar-refractivity contribution in [2.45, 2.75) is 23.3 Å². The van der Waals surface area contributed by atoms with Crippen molar-refractivity contribution in [1.29, 1.82) is 0 Å². The molecule has 0 aliphatic carbocycles. The van der Waals surface area contributed by atoms with Gasteiger partial charge in [-0.3, -0.25) is 0 Å². The van der Waals surface area contributed by atoms with Crippen LogP contribution in [-0.2, 0) is 6.42 Å². The van der Waals surface area contributed by atoms with Gasteiger partial charge in [0.05, 0.1) is 6.10 Å². The van der Waals surface area contributed by atoms with Gasteiger partial charge >= 0.3 is 0 Å². The lowest BCUT2D eigenvalue weighted by atomic mass is 9.93. The standard InChI is InChI=1S/C14H13BrOS2/c15-9-5-10(17-7-9)6-13(16)12-8-18-14-4-2-1-3-11(12)14/h1-5,7,12-13,16H,6,8H2. The van der Waals surface area contributed by atoms with Gasteiger partial charge in [0.1, 0.15) is 0 Å². The van der Waals surface area contributed by atoms with Crippen molar-refractivity contribution in [2.75, 3.05) is 5.75 Å². The first-order chi connectivity index (χ1) is 8.74. The predicted molar refractivity (Wildman–Crippen MR) is 81.6 cm³/mol. The quantitative estimate of drug-likeness (QED) is 0.898. The monoisotopic (exact) mass is 340 g/mol. The zero-order valence-corrected chi connectivity index (χ0v) is 12.9. The van der Waals surface area contributed by atoms with Crippen molar-refractivity contribution < 1.29 is 5.11 Å². The van der Waals surface area contributed by atoms with Crippen LogP contribution < -0.4 is 0 Å². The van der Waals surface area contributed by atoms with E-state index in [1.807, 2.05) is 11.8 Å². The third-order valence-corrected chi connectivity index (χ3v) is 6.16. The first-order valence-corrected chi connectivity index (χ1v) is 8.52. The molecule has 94 valence electrons. The average molecular weight is 341 g/mol. The summed E-state index contributed by atoms with van der Waals surface area (Å²) >= 11 is 7.01. The van der Waals surface area contributed by atoms with E-state index in [0.717, 1.165) is 16.6 Å². The number of hydrogen-bond acceptors (Lipinski definition) is 3. The maximum Gasteiger partial charge on any atom is 0.0665 e. The van der Waals surface area contributed by atoms with E-state index < -0.39 is 0 Å². The highest BCUT2D eigenvalue weighted by Gasteiger charge is 2.29. The Kier molecular flexibility index (Phi) is 3.80. The van der Waals surface area contributed by atoms with Crippen LogP contribution in [0.2, 0.25) is 0 Å². The molecule has 0 fully saturated rings. The molecule has 1 N–H and O–H groups in total. The summed E-state index contributed by atoms with van der Waals surface area (Å²) in [5.41, 5.74) is 1.31. The molecule has 2 atom stereocenters. The van der Waals surface area contributed by atoms with E-state index in [-0.39, 0.29) is 12.0 Å². The SMILES string of the molecule is OC(Cc1cc(Br)cs1)C1CSc2ccccc21. The molecule has 4 heteroatoms. The average Bonchev–Trinajstić information content (AvgIpc) is 2.95. The molecule has 0 saturated carbocycles. The number of thiophene rings is 1. The Morgan fingerprint density at radius 2 is 2.22 bits per heavy atom. The lowest BCUT2D eigenvalue weighted by molar-refractivity contribution is 0.152. The second-order valence-corrected chi connectivity index (χ2v) is 7.43. The smallest absolute Gasteiger partial charge is 0.0665 e. The fourth-order valence-electron chi connectivity index (χ4n) is 2.32. The van der Waals surface area contributed by atoms with Gasteiger partial charge < -0.3 is 5.11 Å². The van der Waals surface area contributed by atoms with Gasteiger partial charge in [-0.25, -0.2) is 0 Å². The lowest BCUT2D eigenvalue weighted by Crippen LogP contribution is -2.20. The third-order valence-electron chi connectivity index (χ3n) is 3.23. The van der Waals surface area contributed by atoms with Gasteiger partial charge in [0.25, 0.3) is 0 Å². The molecule has 2 heterocycles. The van der Waals surface area contributed by atoms with Crippen molar-refractivity contribution in [3.05, 3.63) is 50.6 Å². The number of thioether (sulfide) groups is 1. The number of halogens is 1. The van der Waals surface area contributed by atoms with E-state index in [2.05, 4.69) is 51.6 Å². The number of benzene rings is 1. The summed E-state index contributed by atoms with van der Waals surface area (Å²) in [4.78, 5) is 2.57. The zero-order valence-electron chi connectivity index (χ0n) is 9.67. The van der Waals surface area contributed by atoms with Crippen molar-refractivity contribution in [2.24, 2.45) is 0 Å². The van der Waals surface area contributed by atoms with Crippen LogP contribution in [0.15, 0.2) is 45.1 Å². The Hall–Kier alpha value is -0.290. The summed E-state index contributed by atoms with van der Waals surface area (Å²) in [6.07, 6.45) is 0.460. The van der Waals surface area contributed by atoms with Gasteiger partial charge in [0.15, 0.2) is 0 Å². The fraction of sp³-hybridized carbons (Fsp3) is 0.286. The van der Waals surface area contributed by atoms with Gasteiger partial charge in [0.2, 0.25) is 0 Å². The van der Waals surface area contributed by atoms with Gasteiger partial charge in [-0.15, -0.1) is 23.1 Å². The Bertz CT molecular complexity index is 552. The highest BCUT2D eigenvalue weighted by Crippen LogP contribution is 2.41. The second-order valence-electron chi connectivity index (χ2n) is 4.46. The minimum absolute atomic E-state index is 0.270. The van der Waals surface area contributed by atoms with Gasteiger partial charge in [0, 0.05) is 37.7 Å². The van der Waals surface area contributed by atoms with E-state index in [0.29, 0.717) is 0 Å². The number of aliphatic hydroxyl groups excluding tert-OH is 1. The molecule has 0 radical (unpaired) electrons. The Morgan fingerprint density at radius 3 is 3.00 bits per heavy atom. The molecular formula is C14H13BrOS2. The van der Waals surface area contributed by atoms with E-state index in [1.54, 1.807) is 11.3 Å². The molecule has 1 aromatic carbocycles. The predicted octanol–water partition coefficient (Wildman–Crippen LogP) is 4.30. The largest absolute Gasteiger partial charge is 0.392 e. The number of hydrogen-bond donors (Lipinski definition) is 1. The lowest BCUT2D eigenvalue weighted by Gasteiger charge is -2.17. The van der Waals surface area contributed by atoms with Gasteiger partial charge in [-0.1, -0.05) is 18.2 Å². The van der Waals surface area contributed by atoms with Crippen LogP contribution in [0.25, 0.3) is 0 Å². The Labute approximate surface area is 123 Å². The summed E-state index contributed by atoms with van der Waals surface area (Å²) in [5.74, 6) is 1.26. The summed E-state index contributed by atoms with van der Waals surface area (Å²) in [6, 6.07) is 10.5. The molecule has 1 aliphatic heterocycles. The molecule has 1 nitrogen and oxygen atoms in total. The Balaban J connectivity index is 1.76. The van der Waals surface area contributed by atoms with Crippen LogP contribution in [0.4, 0.5) is 0 Å². The summed E-state index contributed by atoms with van der Waals surface area (Å²) in [6.45, 7) is 0. The Morgan fingerprint density at radius 1 is 1.39 bits per heavy atom.